The molecule has 4 nitrogen and oxygen atoms in total. The number of nitrogens with zero attached hydrogens (tertiary/aromatic N) is 1. The predicted molar refractivity (Wildman–Crippen MR) is 71.1 cm³/mol. The number of carboxylic acid groups (broad SMARTS) is 1. The molecule has 0 bridgehead atoms. The van der Waals surface area contributed by atoms with Crippen LogP contribution in [0.25, 0.3) is 0 Å². The lowest BCUT2D eigenvalue weighted by Gasteiger charge is -2.13. The van der Waals surface area contributed by atoms with Crippen LogP contribution in [0.5, 0.6) is 5.75 Å². The topological polar surface area (TPSA) is 59.4 Å². The van der Waals surface area contributed by atoms with Crippen molar-refractivity contribution in [3.05, 3.63) is 59.9 Å². The van der Waals surface area contributed by atoms with Crippen LogP contribution >= 0.6 is 0 Å². The maximum Gasteiger partial charge on any atom is 0.310 e. The molecule has 1 aromatic heterocycles. The Morgan fingerprint density at radius 2 is 2.00 bits per heavy atom. The van der Waals surface area contributed by atoms with E-state index in [1.807, 2.05) is 30.3 Å². The third kappa shape index (κ3) is 3.31. The van der Waals surface area contributed by atoms with E-state index in [-0.39, 0.29) is 0 Å². The molecule has 0 fully saturated rings. The summed E-state index contributed by atoms with van der Waals surface area (Å²) in [7, 11) is 0. The molecular weight excluding hydrogens is 242 g/mol. The van der Waals surface area contributed by atoms with Gasteiger partial charge >= 0.3 is 5.97 Å². The van der Waals surface area contributed by atoms with E-state index in [4.69, 9.17) is 9.84 Å². The SMILES string of the molecule is CC(C(=O)O)c1ccccc1OCc1ccccn1. The normalized spacial score (nSPS) is 11.8. The van der Waals surface area contributed by atoms with Gasteiger partial charge < -0.3 is 9.84 Å². The van der Waals surface area contributed by atoms with Crippen LogP contribution in [0.1, 0.15) is 24.1 Å². The molecule has 0 aliphatic carbocycles. The van der Waals surface area contributed by atoms with Crippen LogP contribution in [0.2, 0.25) is 0 Å². The van der Waals surface area contributed by atoms with Gasteiger partial charge in [-0.15, -0.1) is 0 Å². The number of hydrogen-bond acceptors (Lipinski definition) is 3. The van der Waals surface area contributed by atoms with E-state index < -0.39 is 11.9 Å². The molecule has 1 atom stereocenters. The Kier molecular flexibility index (Phi) is 4.13. The first-order valence-electron chi connectivity index (χ1n) is 6.03. The minimum atomic E-state index is -0.867. The Hall–Kier alpha value is -2.36. The number of para-hydroxylation sites is 1. The van der Waals surface area contributed by atoms with Crippen LogP contribution in [0.4, 0.5) is 0 Å². The maximum absolute atomic E-state index is 11.1. The second-order valence-electron chi connectivity index (χ2n) is 4.21. The zero-order valence-electron chi connectivity index (χ0n) is 10.6. The van der Waals surface area contributed by atoms with E-state index in [2.05, 4.69) is 4.98 Å². The molecule has 1 N–H and O–H groups in total. The Morgan fingerprint density at radius 1 is 1.26 bits per heavy atom. The van der Waals surface area contributed by atoms with Gasteiger partial charge in [-0.2, -0.15) is 0 Å². The van der Waals surface area contributed by atoms with Crippen LogP contribution in [-0.2, 0) is 11.4 Å². The summed E-state index contributed by atoms with van der Waals surface area (Å²) in [5.41, 5.74) is 1.48. The summed E-state index contributed by atoms with van der Waals surface area (Å²) in [6, 6.07) is 12.8. The summed E-state index contributed by atoms with van der Waals surface area (Å²) in [5.74, 6) is -0.878. The third-order valence-corrected chi connectivity index (χ3v) is 2.86. The molecule has 0 aliphatic heterocycles. The van der Waals surface area contributed by atoms with Gasteiger partial charge in [0.25, 0.3) is 0 Å². The number of pyridine rings is 1. The minimum absolute atomic E-state index is 0.324. The van der Waals surface area contributed by atoms with Gasteiger partial charge in [0.2, 0.25) is 0 Å². The number of aromatic nitrogens is 1. The van der Waals surface area contributed by atoms with Crippen molar-refractivity contribution in [2.45, 2.75) is 19.4 Å². The predicted octanol–water partition coefficient (Wildman–Crippen LogP) is 2.85. The van der Waals surface area contributed by atoms with Crippen molar-refractivity contribution in [3.8, 4) is 5.75 Å². The van der Waals surface area contributed by atoms with E-state index >= 15 is 0 Å². The second kappa shape index (κ2) is 6.00. The summed E-state index contributed by atoms with van der Waals surface area (Å²) < 4.78 is 5.67. The van der Waals surface area contributed by atoms with E-state index in [9.17, 15) is 4.79 Å². The second-order valence-corrected chi connectivity index (χ2v) is 4.21. The van der Waals surface area contributed by atoms with Crippen molar-refractivity contribution in [2.24, 2.45) is 0 Å². The van der Waals surface area contributed by atoms with Crippen molar-refractivity contribution in [1.82, 2.24) is 4.98 Å². The molecule has 19 heavy (non-hydrogen) atoms. The number of aliphatic carboxylic acids is 1. The molecule has 1 unspecified atom stereocenters. The summed E-state index contributed by atoms with van der Waals surface area (Å²) in [6.07, 6.45) is 1.70. The molecule has 0 spiro atoms. The summed E-state index contributed by atoms with van der Waals surface area (Å²) in [5, 5.41) is 9.08. The van der Waals surface area contributed by atoms with Gasteiger partial charge in [-0.1, -0.05) is 24.3 Å². The molecule has 0 aliphatic rings. The Labute approximate surface area is 111 Å². The highest BCUT2D eigenvalue weighted by Crippen LogP contribution is 2.27. The number of carboxylic acids is 1. The van der Waals surface area contributed by atoms with Crippen LogP contribution in [0.3, 0.4) is 0 Å². The lowest BCUT2D eigenvalue weighted by Crippen LogP contribution is -2.09. The molecule has 2 rings (SSSR count). The summed E-state index contributed by atoms with van der Waals surface area (Å²) in [6.45, 7) is 1.97. The molecule has 0 saturated carbocycles. The first-order chi connectivity index (χ1) is 9.18. The van der Waals surface area contributed by atoms with Gasteiger partial charge in [-0.25, -0.2) is 0 Å². The molecule has 1 aromatic carbocycles. The van der Waals surface area contributed by atoms with E-state index in [0.717, 1.165) is 5.69 Å². The van der Waals surface area contributed by atoms with Gasteiger partial charge in [-0.3, -0.25) is 9.78 Å². The molecule has 0 amide bonds. The smallest absolute Gasteiger partial charge is 0.310 e. The molecule has 98 valence electrons. The largest absolute Gasteiger partial charge is 0.487 e. The highest BCUT2D eigenvalue weighted by Gasteiger charge is 2.17. The highest BCUT2D eigenvalue weighted by molar-refractivity contribution is 5.76. The van der Waals surface area contributed by atoms with Crippen molar-refractivity contribution >= 4 is 5.97 Å². The zero-order chi connectivity index (χ0) is 13.7. The van der Waals surface area contributed by atoms with E-state index in [1.54, 1.807) is 25.3 Å². The minimum Gasteiger partial charge on any atom is -0.487 e. The third-order valence-electron chi connectivity index (χ3n) is 2.86. The van der Waals surface area contributed by atoms with Crippen LogP contribution in [-0.4, -0.2) is 16.1 Å². The van der Waals surface area contributed by atoms with Crippen molar-refractivity contribution < 1.29 is 14.6 Å². The molecule has 1 heterocycles. The van der Waals surface area contributed by atoms with Gasteiger partial charge in [0.05, 0.1) is 11.6 Å². The lowest BCUT2D eigenvalue weighted by molar-refractivity contribution is -0.138. The van der Waals surface area contributed by atoms with Gasteiger partial charge in [0.15, 0.2) is 0 Å². The maximum atomic E-state index is 11.1. The quantitative estimate of drug-likeness (QED) is 0.894. The van der Waals surface area contributed by atoms with Crippen molar-refractivity contribution in [2.75, 3.05) is 0 Å². The van der Waals surface area contributed by atoms with Crippen LogP contribution in [0, 0.1) is 0 Å². The summed E-state index contributed by atoms with van der Waals surface area (Å²) >= 11 is 0. The van der Waals surface area contributed by atoms with Crippen molar-refractivity contribution in [3.63, 3.8) is 0 Å². The number of benzene rings is 1. The fraction of sp³-hybridized carbons (Fsp3) is 0.200. The summed E-state index contributed by atoms with van der Waals surface area (Å²) in [4.78, 5) is 15.2. The highest BCUT2D eigenvalue weighted by atomic mass is 16.5. The molecular formula is C15H15NO3. The molecule has 4 heteroatoms. The van der Waals surface area contributed by atoms with Gasteiger partial charge in [0.1, 0.15) is 12.4 Å². The first-order valence-corrected chi connectivity index (χ1v) is 6.03. The Morgan fingerprint density at radius 3 is 2.68 bits per heavy atom. The van der Waals surface area contributed by atoms with E-state index in [1.165, 1.54) is 0 Å². The fourth-order valence-corrected chi connectivity index (χ4v) is 1.74. The number of hydrogen-bond donors (Lipinski definition) is 1. The van der Waals surface area contributed by atoms with Gasteiger partial charge in [0, 0.05) is 11.8 Å². The monoisotopic (exact) mass is 257 g/mol. The Balaban J connectivity index is 2.14. The van der Waals surface area contributed by atoms with Crippen molar-refractivity contribution in [1.29, 1.82) is 0 Å². The number of rotatable bonds is 5. The number of carbonyl (C=O) groups is 1. The van der Waals surface area contributed by atoms with Crippen LogP contribution < -0.4 is 4.74 Å². The van der Waals surface area contributed by atoms with Gasteiger partial charge in [-0.05, 0) is 25.1 Å². The first kappa shape index (κ1) is 13.1. The molecule has 0 saturated heterocycles. The average Bonchev–Trinajstić information content (AvgIpc) is 2.45. The van der Waals surface area contributed by atoms with Crippen LogP contribution in [0.15, 0.2) is 48.7 Å². The fourth-order valence-electron chi connectivity index (χ4n) is 1.74. The standard InChI is InChI=1S/C15H15NO3/c1-11(15(17)18)13-7-2-3-8-14(13)19-10-12-6-4-5-9-16-12/h2-9,11H,10H2,1H3,(H,17,18). The zero-order valence-corrected chi connectivity index (χ0v) is 10.6. The molecule has 0 radical (unpaired) electrons. The average molecular weight is 257 g/mol. The molecule has 2 aromatic rings. The Bertz CT molecular complexity index is 554. The lowest BCUT2D eigenvalue weighted by atomic mass is 10.0. The number of ether oxygens (including phenoxy) is 1. The van der Waals surface area contributed by atoms with E-state index in [0.29, 0.717) is 17.9 Å².